The van der Waals surface area contributed by atoms with Crippen molar-refractivity contribution in [3.8, 4) is 11.1 Å². The van der Waals surface area contributed by atoms with Gasteiger partial charge in [-0.2, -0.15) is 0 Å². The summed E-state index contributed by atoms with van der Waals surface area (Å²) in [5.74, 6) is -5.44. The average molecular weight is 920 g/mol. The third kappa shape index (κ3) is 10.8. The molecule has 68 heavy (non-hydrogen) atoms. The zero-order valence-corrected chi connectivity index (χ0v) is 36.5. The minimum atomic E-state index is -1.84. The van der Waals surface area contributed by atoms with E-state index in [2.05, 4.69) is 5.32 Å². The van der Waals surface area contributed by atoms with Crippen molar-refractivity contribution in [1.82, 2.24) is 5.32 Å². The summed E-state index contributed by atoms with van der Waals surface area (Å²) in [5.41, 5.74) is 4.27. The molecule has 0 saturated carbocycles. The summed E-state index contributed by atoms with van der Waals surface area (Å²) in [4.78, 5) is 81.6. The maximum absolute atomic E-state index is 14.0. The Morgan fingerprint density at radius 3 is 1.40 bits per heavy atom. The molecule has 0 radical (unpaired) electrons. The zero-order valence-electron chi connectivity index (χ0n) is 36.5. The predicted octanol–water partition coefficient (Wildman–Crippen LogP) is 7.64. The lowest BCUT2D eigenvalue weighted by molar-refractivity contribution is -0.308. The number of hydrogen-bond acceptors (Lipinski definition) is 13. The van der Waals surface area contributed by atoms with Crippen LogP contribution in [0.3, 0.4) is 0 Å². The van der Waals surface area contributed by atoms with E-state index in [9.17, 15) is 33.9 Å². The van der Waals surface area contributed by atoms with Gasteiger partial charge in [0.05, 0.1) is 28.4 Å². The lowest BCUT2D eigenvalue weighted by atomic mass is 9.97. The van der Waals surface area contributed by atoms with Gasteiger partial charge in [0, 0.05) is 5.92 Å². The molecule has 1 saturated heterocycles. The molecule has 15 heteroatoms. The fourth-order valence-corrected chi connectivity index (χ4v) is 8.07. The van der Waals surface area contributed by atoms with Gasteiger partial charge in [0.1, 0.15) is 19.3 Å². The highest BCUT2D eigenvalue weighted by Gasteiger charge is 2.54. The van der Waals surface area contributed by atoms with Gasteiger partial charge >= 0.3 is 35.9 Å². The fraction of sp³-hybridized carbons (Fsp3) is 0.208. The molecule has 7 atom stereocenters. The van der Waals surface area contributed by atoms with Crippen LogP contribution in [0.15, 0.2) is 170 Å². The van der Waals surface area contributed by atoms with E-state index < -0.39 is 85.4 Å². The number of carbonyl (C=O) groups is 6. The van der Waals surface area contributed by atoms with Crippen LogP contribution in [-0.4, -0.2) is 97.1 Å². The van der Waals surface area contributed by atoms with Gasteiger partial charge in [0.15, 0.2) is 30.6 Å². The highest BCUT2D eigenvalue weighted by molar-refractivity contribution is 5.92. The van der Waals surface area contributed by atoms with E-state index >= 15 is 0 Å². The summed E-state index contributed by atoms with van der Waals surface area (Å²) in [5, 5.41) is 12.9. The molecule has 1 aliphatic carbocycles. The summed E-state index contributed by atoms with van der Waals surface area (Å²) in [6.07, 6.45) is -11.2. The normalized spacial score (nSPS) is 19.2. The molecular weight excluding hydrogens is 875 g/mol. The number of esters is 4. The van der Waals surface area contributed by atoms with Gasteiger partial charge in [-0.05, 0) is 77.7 Å². The van der Waals surface area contributed by atoms with Crippen LogP contribution in [-0.2, 0) is 38.0 Å². The Kier molecular flexibility index (Phi) is 14.6. The van der Waals surface area contributed by atoms with E-state index in [4.69, 9.17) is 33.2 Å². The largest absolute Gasteiger partial charge is 0.480 e. The first-order valence-electron chi connectivity index (χ1n) is 21.7. The monoisotopic (exact) mass is 919 g/mol. The Bertz CT molecular complexity index is 2690. The number of rotatable bonds is 16. The third-order valence-corrected chi connectivity index (χ3v) is 11.4. The molecule has 1 fully saturated rings. The van der Waals surface area contributed by atoms with Crippen LogP contribution in [0.1, 0.15) is 65.4 Å². The van der Waals surface area contributed by atoms with Crippen molar-refractivity contribution in [2.24, 2.45) is 0 Å². The summed E-state index contributed by atoms with van der Waals surface area (Å²) >= 11 is 0. The molecule has 6 aromatic carbocycles. The molecule has 346 valence electrons. The molecule has 15 nitrogen and oxygen atoms in total. The van der Waals surface area contributed by atoms with E-state index in [1.807, 2.05) is 48.5 Å². The van der Waals surface area contributed by atoms with Crippen LogP contribution in [0, 0.1) is 0 Å². The van der Waals surface area contributed by atoms with E-state index in [-0.39, 0.29) is 34.8 Å². The van der Waals surface area contributed by atoms with Crippen LogP contribution in [0.25, 0.3) is 11.1 Å². The quantitative estimate of drug-likeness (QED) is 0.0709. The topological polar surface area (TPSA) is 199 Å². The van der Waals surface area contributed by atoms with Crippen molar-refractivity contribution in [2.45, 2.75) is 55.7 Å². The number of nitrogens with one attached hydrogen (secondary N) is 1. The van der Waals surface area contributed by atoms with Crippen molar-refractivity contribution in [1.29, 1.82) is 0 Å². The number of carboxylic acid groups (broad SMARTS) is 1. The number of alkyl carbamates (subject to hydrolysis) is 1. The van der Waals surface area contributed by atoms with Gasteiger partial charge < -0.3 is 43.6 Å². The number of carboxylic acids is 1. The SMILES string of the molecule is C[C@H](O[C@@H]1O[C@H](COC(=O)c2ccccc2)[C@@H](OC(=O)c2ccccc2)[C@H](OC(=O)c2ccccc2)[C@H]1OC(=O)c1ccccc1)[C@@H](NC(=O)OCC1c2ccccc2-c2ccccc21)C(=O)O. The van der Waals surface area contributed by atoms with Gasteiger partial charge in [-0.3, -0.25) is 0 Å². The van der Waals surface area contributed by atoms with Crippen LogP contribution in [0.2, 0.25) is 0 Å². The van der Waals surface area contributed by atoms with Crippen LogP contribution in [0.4, 0.5) is 4.79 Å². The minimum Gasteiger partial charge on any atom is -0.480 e. The van der Waals surface area contributed by atoms with Gasteiger partial charge in [-0.1, -0.05) is 121 Å². The second-order valence-electron chi connectivity index (χ2n) is 15.8. The second kappa shape index (κ2) is 21.4. The summed E-state index contributed by atoms with van der Waals surface area (Å²) < 4.78 is 42.2. The molecule has 0 aromatic heterocycles. The number of hydrogen-bond donors (Lipinski definition) is 2. The van der Waals surface area contributed by atoms with Crippen molar-refractivity contribution in [2.75, 3.05) is 13.2 Å². The van der Waals surface area contributed by atoms with Crippen molar-refractivity contribution in [3.63, 3.8) is 0 Å². The molecule has 1 aliphatic heterocycles. The van der Waals surface area contributed by atoms with Gasteiger partial charge in [0.2, 0.25) is 0 Å². The Morgan fingerprint density at radius 1 is 0.515 bits per heavy atom. The Balaban J connectivity index is 1.11. The van der Waals surface area contributed by atoms with E-state index in [1.54, 1.807) is 72.8 Å². The Morgan fingerprint density at radius 2 is 0.926 bits per heavy atom. The highest BCUT2D eigenvalue weighted by Crippen LogP contribution is 2.44. The molecule has 1 heterocycles. The third-order valence-electron chi connectivity index (χ3n) is 11.4. The molecule has 8 rings (SSSR count). The standard InChI is InChI=1S/C53H45NO14/c1-32(43(47(55)56)54-53(61)63-30-41-39-28-16-14-26-37(39)38-27-15-17-29-40(38)41)64-52-46(68-51(60)36-24-12-5-13-25-36)45(67-50(59)35-22-10-4-11-23-35)44(66-49(58)34-20-8-3-9-21-34)42(65-52)31-62-48(57)33-18-6-2-7-19-33/h2-29,32,41-46,52H,30-31H2,1H3,(H,54,61)(H,55,56)/t32-,42+,43+,44+,45-,46+,52+/m0/s1. The fourth-order valence-electron chi connectivity index (χ4n) is 8.07. The molecule has 2 N–H and O–H groups in total. The molecule has 0 spiro atoms. The maximum Gasteiger partial charge on any atom is 0.407 e. The minimum absolute atomic E-state index is 0.0597. The van der Waals surface area contributed by atoms with Crippen LogP contribution >= 0.6 is 0 Å². The van der Waals surface area contributed by atoms with Crippen LogP contribution in [0.5, 0.6) is 0 Å². The number of ether oxygens (including phenoxy) is 7. The summed E-state index contributed by atoms with van der Waals surface area (Å²) in [6.45, 7) is 0.554. The number of fused-ring (bicyclic) bond motifs is 3. The average Bonchev–Trinajstić information content (AvgIpc) is 3.69. The van der Waals surface area contributed by atoms with Gasteiger partial charge in [0.25, 0.3) is 0 Å². The Hall–Kier alpha value is -8.14. The smallest absolute Gasteiger partial charge is 0.407 e. The first-order chi connectivity index (χ1) is 33.0. The summed E-state index contributed by atoms with van der Waals surface area (Å²) in [6, 6.07) is 45.1. The zero-order chi connectivity index (χ0) is 47.6. The molecule has 2 aliphatic rings. The number of aliphatic carboxylic acids is 1. The van der Waals surface area contributed by atoms with Gasteiger partial charge in [-0.15, -0.1) is 0 Å². The number of benzene rings is 6. The Labute approximate surface area is 390 Å². The lowest BCUT2D eigenvalue weighted by Gasteiger charge is -2.45. The number of carbonyl (C=O) groups excluding carboxylic acids is 5. The first kappa shape index (κ1) is 46.4. The van der Waals surface area contributed by atoms with Crippen molar-refractivity contribution >= 4 is 35.9 Å². The molecule has 6 aromatic rings. The molecular formula is C53H45NO14. The van der Waals surface area contributed by atoms with Crippen molar-refractivity contribution in [3.05, 3.63) is 203 Å². The molecule has 0 unspecified atom stereocenters. The van der Waals surface area contributed by atoms with E-state index in [0.717, 1.165) is 22.3 Å². The molecule has 1 amide bonds. The lowest BCUT2D eigenvalue weighted by Crippen LogP contribution is -2.64. The highest BCUT2D eigenvalue weighted by atomic mass is 16.7. The first-order valence-corrected chi connectivity index (χ1v) is 21.7. The predicted molar refractivity (Wildman–Crippen MR) is 242 cm³/mol. The summed E-state index contributed by atoms with van der Waals surface area (Å²) in [7, 11) is 0. The second-order valence-corrected chi connectivity index (χ2v) is 15.8. The number of amides is 1. The van der Waals surface area contributed by atoms with E-state index in [1.165, 1.54) is 55.5 Å². The van der Waals surface area contributed by atoms with E-state index in [0.29, 0.717) is 0 Å². The molecule has 0 bridgehead atoms. The van der Waals surface area contributed by atoms with Crippen molar-refractivity contribution < 1.29 is 67.0 Å². The van der Waals surface area contributed by atoms with Gasteiger partial charge in [-0.25, -0.2) is 28.8 Å². The maximum atomic E-state index is 14.0. The van der Waals surface area contributed by atoms with Crippen LogP contribution < -0.4 is 5.32 Å².